The number of carbonyl (C=O) groups excluding carboxylic acids is 4. The number of carbonyl (C=O) groups is 4. The number of amides is 1. The number of allylic oxidation sites excluding steroid dienone is 2. The first kappa shape index (κ1) is 25.7. The standard InChI is InChI=1S/C26H32N2O8/c1-12-14(9-28-10-19(27)31)21-24(33)23(32)20-15-6-7-17(30)25(15,3)8-16(36-13(2)29)22(20)26(21,4)18(35-12)11-34-5/h9,15-16,18,28,33H,1,6-8,10-11H2,2-5H3,(H2,27,31)/b14-9-/t15?,16?,18?,25-,26-/m0/s1. The van der Waals surface area contributed by atoms with Gasteiger partial charge < -0.3 is 30.4 Å². The quantitative estimate of drug-likeness (QED) is 0.461. The zero-order valence-electron chi connectivity index (χ0n) is 20.9. The van der Waals surface area contributed by atoms with Crippen LogP contribution in [0, 0.1) is 16.7 Å². The van der Waals surface area contributed by atoms with Crippen LogP contribution in [-0.4, -0.2) is 61.0 Å². The van der Waals surface area contributed by atoms with E-state index < -0.39 is 52.4 Å². The number of aliphatic hydroxyl groups is 1. The molecule has 4 aliphatic rings. The van der Waals surface area contributed by atoms with Gasteiger partial charge in [0, 0.05) is 61.1 Å². The smallest absolute Gasteiger partial charge is 0.303 e. The Balaban J connectivity index is 1.99. The third-order valence-electron chi connectivity index (χ3n) is 8.06. The molecule has 194 valence electrons. The number of primary amides is 1. The molecule has 4 rings (SSSR count). The predicted octanol–water partition coefficient (Wildman–Crippen LogP) is 1.52. The summed E-state index contributed by atoms with van der Waals surface area (Å²) in [5.41, 5.74) is 4.46. The van der Waals surface area contributed by atoms with Gasteiger partial charge in [-0.1, -0.05) is 13.5 Å². The minimum Gasteiger partial charge on any atom is -0.504 e. The van der Waals surface area contributed by atoms with Crippen LogP contribution in [0.4, 0.5) is 0 Å². The maximum atomic E-state index is 13.8. The fourth-order valence-electron chi connectivity index (χ4n) is 6.45. The van der Waals surface area contributed by atoms with Crippen molar-refractivity contribution >= 4 is 23.4 Å². The van der Waals surface area contributed by atoms with Gasteiger partial charge in [0.15, 0.2) is 5.76 Å². The van der Waals surface area contributed by atoms with E-state index in [0.29, 0.717) is 24.0 Å². The van der Waals surface area contributed by atoms with Gasteiger partial charge in [-0.15, -0.1) is 0 Å². The van der Waals surface area contributed by atoms with Crippen molar-refractivity contribution in [3.05, 3.63) is 46.6 Å². The average molecular weight is 501 g/mol. The Morgan fingerprint density at radius 1 is 1.33 bits per heavy atom. The lowest BCUT2D eigenvalue weighted by Crippen LogP contribution is -2.55. The lowest BCUT2D eigenvalue weighted by molar-refractivity contribution is -0.150. The van der Waals surface area contributed by atoms with E-state index in [1.807, 2.05) is 0 Å². The first-order valence-electron chi connectivity index (χ1n) is 11.9. The van der Waals surface area contributed by atoms with Crippen molar-refractivity contribution in [3.63, 3.8) is 0 Å². The molecule has 1 heterocycles. The van der Waals surface area contributed by atoms with Crippen molar-refractivity contribution in [2.75, 3.05) is 20.3 Å². The SMILES string of the molecule is C=C1OC(COC)[C@@]2(C)C(=C(O)C(=O)C3=C2C(OC(C)=O)C[C@]2(C)C(=O)CCC32)/C1=C\NCC(N)=O. The minimum absolute atomic E-state index is 0.00127. The van der Waals surface area contributed by atoms with Crippen molar-refractivity contribution < 1.29 is 38.5 Å². The fourth-order valence-corrected chi connectivity index (χ4v) is 6.45. The van der Waals surface area contributed by atoms with Gasteiger partial charge in [0.1, 0.15) is 23.8 Å². The van der Waals surface area contributed by atoms with E-state index in [9.17, 15) is 24.3 Å². The molecule has 0 bridgehead atoms. The minimum atomic E-state index is -1.18. The monoisotopic (exact) mass is 500 g/mol. The Bertz CT molecular complexity index is 1160. The Kier molecular flexibility index (Phi) is 6.36. The molecule has 2 fully saturated rings. The van der Waals surface area contributed by atoms with Crippen LogP contribution in [0.15, 0.2) is 46.6 Å². The molecule has 0 spiro atoms. The molecular weight excluding hydrogens is 468 g/mol. The Labute approximate surface area is 209 Å². The van der Waals surface area contributed by atoms with Crippen molar-refractivity contribution in [2.24, 2.45) is 22.5 Å². The molecule has 1 aliphatic heterocycles. The van der Waals surface area contributed by atoms with Crippen LogP contribution in [0.25, 0.3) is 0 Å². The summed E-state index contributed by atoms with van der Waals surface area (Å²) >= 11 is 0. The third-order valence-corrected chi connectivity index (χ3v) is 8.06. The van der Waals surface area contributed by atoms with Crippen molar-refractivity contribution in [1.29, 1.82) is 0 Å². The van der Waals surface area contributed by atoms with Gasteiger partial charge in [-0.3, -0.25) is 19.2 Å². The molecule has 0 aromatic rings. The van der Waals surface area contributed by atoms with Gasteiger partial charge in [-0.25, -0.2) is 0 Å². The molecule has 1 saturated heterocycles. The topological polar surface area (TPSA) is 154 Å². The molecule has 0 aromatic carbocycles. The molecule has 10 heteroatoms. The van der Waals surface area contributed by atoms with Crippen molar-refractivity contribution in [2.45, 2.75) is 52.2 Å². The van der Waals surface area contributed by atoms with Gasteiger partial charge >= 0.3 is 5.97 Å². The Morgan fingerprint density at radius 3 is 2.64 bits per heavy atom. The van der Waals surface area contributed by atoms with E-state index >= 15 is 0 Å². The van der Waals surface area contributed by atoms with E-state index in [0.717, 1.165) is 0 Å². The number of Topliss-reactive ketones (excluding diaryl/α,β-unsaturated/α-hetero) is 2. The van der Waals surface area contributed by atoms with Crippen LogP contribution >= 0.6 is 0 Å². The Hall–Kier alpha value is -3.40. The molecule has 0 radical (unpaired) electrons. The van der Waals surface area contributed by atoms with Crippen LogP contribution in [0.2, 0.25) is 0 Å². The van der Waals surface area contributed by atoms with E-state index in [-0.39, 0.29) is 42.3 Å². The second kappa shape index (κ2) is 8.92. The fraction of sp³-hybridized carbons (Fsp3) is 0.538. The molecular formula is C26H32N2O8. The second-order valence-electron chi connectivity index (χ2n) is 10.2. The van der Waals surface area contributed by atoms with E-state index in [2.05, 4.69) is 11.9 Å². The number of aliphatic hydroxyl groups excluding tert-OH is 1. The van der Waals surface area contributed by atoms with Crippen LogP contribution in [0.3, 0.4) is 0 Å². The van der Waals surface area contributed by atoms with E-state index in [1.54, 1.807) is 13.8 Å². The number of ketones is 2. The number of rotatable bonds is 6. The van der Waals surface area contributed by atoms with Gasteiger partial charge in [-0.2, -0.15) is 0 Å². The molecule has 10 nitrogen and oxygen atoms in total. The van der Waals surface area contributed by atoms with E-state index in [1.165, 1.54) is 20.2 Å². The lowest BCUT2D eigenvalue weighted by Gasteiger charge is -2.54. The number of methoxy groups -OCH3 is 1. The highest BCUT2D eigenvalue weighted by atomic mass is 16.5. The zero-order chi connectivity index (χ0) is 26.6. The van der Waals surface area contributed by atoms with Crippen LogP contribution in [0.1, 0.15) is 40.0 Å². The van der Waals surface area contributed by atoms with Crippen LogP contribution in [0.5, 0.6) is 0 Å². The summed E-state index contributed by atoms with van der Waals surface area (Å²) in [6, 6.07) is 0. The molecule has 3 unspecified atom stereocenters. The molecule has 36 heavy (non-hydrogen) atoms. The normalized spacial score (nSPS) is 34.7. The number of esters is 1. The maximum absolute atomic E-state index is 13.8. The summed E-state index contributed by atoms with van der Waals surface area (Å²) in [6.45, 7) is 8.70. The molecule has 5 atom stereocenters. The molecule has 1 saturated carbocycles. The molecule has 3 aliphatic carbocycles. The summed E-state index contributed by atoms with van der Waals surface area (Å²) < 4.78 is 17.4. The highest BCUT2D eigenvalue weighted by Crippen LogP contribution is 2.63. The number of ether oxygens (including phenoxy) is 3. The molecule has 0 aromatic heterocycles. The van der Waals surface area contributed by atoms with Crippen LogP contribution in [-0.2, 0) is 33.4 Å². The summed E-state index contributed by atoms with van der Waals surface area (Å²) in [5, 5.41) is 14.2. The molecule has 1 amide bonds. The average Bonchev–Trinajstić information content (AvgIpc) is 3.08. The Morgan fingerprint density at radius 2 is 2.03 bits per heavy atom. The number of fused-ring (bicyclic) bond motifs is 4. The van der Waals surface area contributed by atoms with Gasteiger partial charge in [0.2, 0.25) is 11.7 Å². The first-order chi connectivity index (χ1) is 16.9. The number of nitrogens with one attached hydrogen (secondary N) is 1. The first-order valence-corrected chi connectivity index (χ1v) is 11.9. The summed E-state index contributed by atoms with van der Waals surface area (Å²) in [5.74, 6) is -2.56. The largest absolute Gasteiger partial charge is 0.504 e. The maximum Gasteiger partial charge on any atom is 0.303 e. The highest BCUT2D eigenvalue weighted by Gasteiger charge is 2.63. The number of hydrogen-bond acceptors (Lipinski definition) is 9. The third kappa shape index (κ3) is 3.66. The van der Waals surface area contributed by atoms with Gasteiger partial charge in [0.25, 0.3) is 0 Å². The lowest BCUT2D eigenvalue weighted by atomic mass is 9.53. The number of hydrogen-bond donors (Lipinski definition) is 3. The van der Waals surface area contributed by atoms with Crippen molar-refractivity contribution in [3.8, 4) is 0 Å². The molecule has 4 N–H and O–H groups in total. The second-order valence-corrected chi connectivity index (χ2v) is 10.2. The highest BCUT2D eigenvalue weighted by molar-refractivity contribution is 6.12. The van der Waals surface area contributed by atoms with Gasteiger partial charge in [-0.05, 0) is 18.9 Å². The van der Waals surface area contributed by atoms with Crippen LogP contribution < -0.4 is 11.1 Å². The van der Waals surface area contributed by atoms with Crippen molar-refractivity contribution in [1.82, 2.24) is 5.32 Å². The van der Waals surface area contributed by atoms with E-state index in [4.69, 9.17) is 19.9 Å². The number of nitrogens with two attached hydrogens (primary N) is 1. The van der Waals surface area contributed by atoms with Gasteiger partial charge in [0.05, 0.1) is 18.6 Å². The summed E-state index contributed by atoms with van der Waals surface area (Å²) in [6.07, 6.45) is 0.752. The zero-order valence-corrected chi connectivity index (χ0v) is 20.9. The summed E-state index contributed by atoms with van der Waals surface area (Å²) in [4.78, 5) is 50.3. The summed E-state index contributed by atoms with van der Waals surface area (Å²) in [7, 11) is 1.50. The predicted molar refractivity (Wildman–Crippen MR) is 127 cm³/mol.